The van der Waals surface area contributed by atoms with E-state index in [2.05, 4.69) is 6.58 Å². The number of carboxylic acid groups (broad SMARTS) is 1. The van der Waals surface area contributed by atoms with Gasteiger partial charge in [-0.15, -0.1) is 0 Å². The summed E-state index contributed by atoms with van der Waals surface area (Å²) >= 11 is 0. The number of carboxylic acids is 1. The zero-order valence-electron chi connectivity index (χ0n) is 16.0. The zero-order valence-corrected chi connectivity index (χ0v) is 16.0. The third kappa shape index (κ3) is 5.40. The van der Waals surface area contributed by atoms with Crippen LogP contribution in [-0.2, 0) is 6.42 Å². The van der Waals surface area contributed by atoms with Crippen LogP contribution in [0, 0.1) is 5.82 Å². The van der Waals surface area contributed by atoms with Gasteiger partial charge >= 0.3 is 5.97 Å². The molecular formula is C22H21F3O4. The van der Waals surface area contributed by atoms with Crippen LogP contribution in [0.15, 0.2) is 48.6 Å². The van der Waals surface area contributed by atoms with Gasteiger partial charge in [0.1, 0.15) is 29.5 Å². The third-order valence-electron chi connectivity index (χ3n) is 4.18. The van der Waals surface area contributed by atoms with Crippen molar-refractivity contribution >= 4 is 11.5 Å². The van der Waals surface area contributed by atoms with Gasteiger partial charge in [0.2, 0.25) is 0 Å². The molecule has 0 aliphatic carbocycles. The molecule has 2 N–H and O–H groups in total. The van der Waals surface area contributed by atoms with Crippen LogP contribution in [0.1, 0.15) is 40.9 Å². The van der Waals surface area contributed by atoms with E-state index in [9.17, 15) is 28.2 Å². The summed E-state index contributed by atoms with van der Waals surface area (Å²) in [6, 6.07) is 6.43. The largest absolute Gasteiger partial charge is 0.507 e. The highest BCUT2D eigenvalue weighted by Crippen LogP contribution is 2.39. The summed E-state index contributed by atoms with van der Waals surface area (Å²) in [6.45, 7) is 6.53. The molecule has 29 heavy (non-hydrogen) atoms. The van der Waals surface area contributed by atoms with Crippen molar-refractivity contribution in [2.24, 2.45) is 0 Å². The van der Waals surface area contributed by atoms with Gasteiger partial charge in [-0.1, -0.05) is 30.4 Å². The minimum atomic E-state index is -2.75. The van der Waals surface area contributed by atoms with E-state index in [0.29, 0.717) is 5.56 Å². The lowest BCUT2D eigenvalue weighted by Crippen LogP contribution is -2.11. The van der Waals surface area contributed by atoms with Gasteiger partial charge < -0.3 is 14.9 Å². The van der Waals surface area contributed by atoms with Crippen molar-refractivity contribution < 1.29 is 32.9 Å². The van der Waals surface area contributed by atoms with E-state index < -0.39 is 36.1 Å². The number of aromatic carboxylic acids is 1. The normalized spacial score (nSPS) is 10.7. The molecule has 154 valence electrons. The van der Waals surface area contributed by atoms with Gasteiger partial charge in [0.15, 0.2) is 0 Å². The maximum absolute atomic E-state index is 13.2. The quantitative estimate of drug-likeness (QED) is 0.573. The summed E-state index contributed by atoms with van der Waals surface area (Å²) in [5.41, 5.74) is 1.12. The molecule has 0 amide bonds. The molecule has 0 unspecified atom stereocenters. The van der Waals surface area contributed by atoms with Crippen molar-refractivity contribution in [2.45, 2.75) is 26.7 Å². The van der Waals surface area contributed by atoms with Crippen LogP contribution in [0.3, 0.4) is 0 Å². The molecule has 4 nitrogen and oxygen atoms in total. The number of rotatable bonds is 8. The Hall–Kier alpha value is -3.22. The van der Waals surface area contributed by atoms with Crippen molar-refractivity contribution in [3.63, 3.8) is 0 Å². The smallest absolute Gasteiger partial charge is 0.340 e. The lowest BCUT2D eigenvalue weighted by atomic mass is 9.91. The second-order valence-electron chi connectivity index (χ2n) is 6.60. The topological polar surface area (TPSA) is 66.8 Å². The number of hydrogen-bond acceptors (Lipinski definition) is 3. The number of benzene rings is 2. The van der Waals surface area contributed by atoms with E-state index in [0.717, 1.165) is 5.57 Å². The van der Waals surface area contributed by atoms with Crippen molar-refractivity contribution in [1.82, 2.24) is 0 Å². The van der Waals surface area contributed by atoms with Crippen molar-refractivity contribution in [3.8, 4) is 11.5 Å². The molecule has 0 aromatic heterocycles. The zero-order chi connectivity index (χ0) is 21.7. The van der Waals surface area contributed by atoms with Crippen LogP contribution in [-0.4, -0.2) is 29.2 Å². The summed E-state index contributed by atoms with van der Waals surface area (Å²) in [5.74, 6) is -2.55. The fraction of sp³-hybridized carbons (Fsp3) is 0.227. The maximum atomic E-state index is 13.2. The Morgan fingerprint density at radius 2 is 1.86 bits per heavy atom. The molecule has 0 aliphatic rings. The average molecular weight is 406 g/mol. The van der Waals surface area contributed by atoms with Crippen molar-refractivity contribution in [1.29, 1.82) is 0 Å². The number of alkyl halides is 2. The predicted octanol–water partition coefficient (Wildman–Crippen LogP) is 5.44. The fourth-order valence-corrected chi connectivity index (χ4v) is 2.73. The minimum Gasteiger partial charge on any atom is -0.507 e. The van der Waals surface area contributed by atoms with Gasteiger partial charge in [0.05, 0.1) is 0 Å². The molecule has 2 rings (SSSR count). The molecule has 2 aromatic rings. The Balaban J connectivity index is 2.68. The highest BCUT2D eigenvalue weighted by Gasteiger charge is 2.25. The van der Waals surface area contributed by atoms with Gasteiger partial charge in [-0.25, -0.2) is 18.0 Å². The number of phenols is 1. The Bertz CT molecular complexity index is 944. The number of aromatic hydroxyl groups is 1. The van der Waals surface area contributed by atoms with Crippen molar-refractivity contribution in [2.75, 3.05) is 6.61 Å². The van der Waals surface area contributed by atoms with Gasteiger partial charge in [0.25, 0.3) is 6.43 Å². The molecule has 7 heteroatoms. The summed E-state index contributed by atoms with van der Waals surface area (Å²) < 4.78 is 43.7. The summed E-state index contributed by atoms with van der Waals surface area (Å²) in [5, 5.41) is 20.3. The second-order valence-corrected chi connectivity index (χ2v) is 6.60. The monoisotopic (exact) mass is 406 g/mol. The fourth-order valence-electron chi connectivity index (χ4n) is 2.73. The standard InChI is InChI=1S/C22H21F3O4/c1-12(2)4-9-16-18(29-11-19(24)25)10-17(20(21(16)26)22(27)28)13(3)14-5-7-15(23)8-6-14/h4-8,10,19,26H,3,9,11H2,1-2H3,(H,27,28). The molecular weight excluding hydrogens is 385 g/mol. The van der Waals surface area contributed by atoms with Crippen LogP contribution in [0.2, 0.25) is 0 Å². The van der Waals surface area contributed by atoms with E-state index in [1.807, 2.05) is 0 Å². The van der Waals surface area contributed by atoms with Crippen LogP contribution < -0.4 is 4.74 Å². The average Bonchev–Trinajstić information content (AvgIpc) is 2.64. The lowest BCUT2D eigenvalue weighted by molar-refractivity contribution is 0.0691. The first-order valence-corrected chi connectivity index (χ1v) is 8.73. The molecule has 0 aliphatic heterocycles. The van der Waals surface area contributed by atoms with Crippen LogP contribution >= 0.6 is 0 Å². The van der Waals surface area contributed by atoms with Gasteiger partial charge in [0, 0.05) is 11.1 Å². The van der Waals surface area contributed by atoms with Crippen LogP contribution in [0.4, 0.5) is 13.2 Å². The Kier molecular flexibility index (Phi) is 7.09. The van der Waals surface area contributed by atoms with Crippen molar-refractivity contribution in [3.05, 3.63) is 76.6 Å². The summed E-state index contributed by atoms with van der Waals surface area (Å²) in [7, 11) is 0. The molecule has 0 spiro atoms. The van der Waals surface area contributed by atoms with Crippen LogP contribution in [0.5, 0.6) is 11.5 Å². The first-order chi connectivity index (χ1) is 13.6. The maximum Gasteiger partial charge on any atom is 0.340 e. The number of hydrogen-bond donors (Lipinski definition) is 2. The highest BCUT2D eigenvalue weighted by molar-refractivity contribution is 6.00. The second kappa shape index (κ2) is 9.32. The molecule has 0 fully saturated rings. The Morgan fingerprint density at radius 1 is 1.24 bits per heavy atom. The first-order valence-electron chi connectivity index (χ1n) is 8.73. The third-order valence-corrected chi connectivity index (χ3v) is 4.18. The molecule has 0 radical (unpaired) electrons. The molecule has 2 aromatic carbocycles. The molecule has 0 saturated carbocycles. The molecule has 0 heterocycles. The number of allylic oxidation sites excluding steroid dienone is 2. The SMILES string of the molecule is C=C(c1ccc(F)cc1)c1cc(OCC(F)F)c(CC=C(C)C)c(O)c1C(=O)O. The van der Waals surface area contributed by atoms with E-state index >= 15 is 0 Å². The summed E-state index contributed by atoms with van der Waals surface area (Å²) in [4.78, 5) is 11.9. The first kappa shape index (κ1) is 22.1. The van der Waals surface area contributed by atoms with E-state index in [1.54, 1.807) is 19.9 Å². The van der Waals surface area contributed by atoms with Gasteiger partial charge in [-0.2, -0.15) is 0 Å². The minimum absolute atomic E-state index is 0.00757. The summed E-state index contributed by atoms with van der Waals surface area (Å²) in [6.07, 6.45) is -0.947. The molecule has 0 atom stereocenters. The highest BCUT2D eigenvalue weighted by atomic mass is 19.3. The van der Waals surface area contributed by atoms with Gasteiger partial charge in [-0.3, -0.25) is 0 Å². The Labute approximate surface area is 166 Å². The number of ether oxygens (including phenoxy) is 1. The van der Waals surface area contributed by atoms with Crippen LogP contribution in [0.25, 0.3) is 5.57 Å². The molecule has 0 bridgehead atoms. The Morgan fingerprint density at radius 3 is 2.38 bits per heavy atom. The number of carbonyl (C=O) groups is 1. The van der Waals surface area contributed by atoms with E-state index in [1.165, 1.54) is 30.3 Å². The van der Waals surface area contributed by atoms with E-state index in [-0.39, 0.29) is 28.9 Å². The molecule has 0 saturated heterocycles. The van der Waals surface area contributed by atoms with Gasteiger partial charge in [-0.05, 0) is 49.6 Å². The lowest BCUT2D eigenvalue weighted by Gasteiger charge is -2.18. The predicted molar refractivity (Wildman–Crippen MR) is 104 cm³/mol. The number of halogens is 3. The van der Waals surface area contributed by atoms with E-state index in [4.69, 9.17) is 4.74 Å².